The Morgan fingerprint density at radius 1 is 1.30 bits per heavy atom. The van der Waals surface area contributed by atoms with Crippen molar-refractivity contribution in [3.8, 4) is 0 Å². The van der Waals surface area contributed by atoms with Crippen LogP contribution >= 0.6 is 11.3 Å². The van der Waals surface area contributed by atoms with Crippen molar-refractivity contribution in [1.82, 2.24) is 20.5 Å². The lowest BCUT2D eigenvalue weighted by Gasteiger charge is -2.30. The van der Waals surface area contributed by atoms with Gasteiger partial charge in [0.1, 0.15) is 0 Å². The summed E-state index contributed by atoms with van der Waals surface area (Å²) in [5.74, 6) is 1.62. The molecule has 0 radical (unpaired) electrons. The molecular formula is C20H35N5OS. The number of hydrogen-bond donors (Lipinski definition) is 2. The predicted octanol–water partition coefficient (Wildman–Crippen LogP) is 2.65. The van der Waals surface area contributed by atoms with Crippen molar-refractivity contribution in [1.29, 1.82) is 0 Å². The molecule has 0 saturated carbocycles. The third-order valence-electron chi connectivity index (χ3n) is 5.37. The van der Waals surface area contributed by atoms with Crippen molar-refractivity contribution in [3.05, 3.63) is 16.1 Å². The standard InChI is InChI=1S/C20H35N5OS/c1-3-19-24-17(15-27-19)14-25-9-7-16(8-10-25)12-22-20(21-4-2)23-13-18-6-5-11-26-18/h15-16,18H,3-14H2,1-2H3,(H2,21,22,23). The molecule has 0 aromatic carbocycles. The van der Waals surface area contributed by atoms with Crippen molar-refractivity contribution in [2.24, 2.45) is 10.9 Å². The molecule has 2 fully saturated rings. The van der Waals surface area contributed by atoms with Crippen LogP contribution in [0.4, 0.5) is 0 Å². The smallest absolute Gasteiger partial charge is 0.191 e. The zero-order valence-corrected chi connectivity index (χ0v) is 17.7. The van der Waals surface area contributed by atoms with E-state index in [9.17, 15) is 0 Å². The number of hydrogen-bond acceptors (Lipinski definition) is 5. The molecule has 7 heteroatoms. The zero-order chi connectivity index (χ0) is 18.9. The molecule has 0 spiro atoms. The highest BCUT2D eigenvalue weighted by Crippen LogP contribution is 2.20. The molecule has 2 aliphatic heterocycles. The van der Waals surface area contributed by atoms with E-state index in [1.165, 1.54) is 30.0 Å². The van der Waals surface area contributed by atoms with Crippen molar-refractivity contribution in [3.63, 3.8) is 0 Å². The molecule has 1 unspecified atom stereocenters. The second-order valence-corrected chi connectivity index (χ2v) is 8.48. The normalized spacial score (nSPS) is 22.3. The van der Waals surface area contributed by atoms with E-state index in [4.69, 9.17) is 14.7 Å². The molecule has 0 aliphatic carbocycles. The monoisotopic (exact) mass is 393 g/mol. The van der Waals surface area contributed by atoms with Gasteiger partial charge in [-0.05, 0) is 58.0 Å². The van der Waals surface area contributed by atoms with Gasteiger partial charge < -0.3 is 15.4 Å². The maximum absolute atomic E-state index is 5.69. The molecule has 2 N–H and O–H groups in total. The van der Waals surface area contributed by atoms with E-state index in [-0.39, 0.29) is 0 Å². The van der Waals surface area contributed by atoms with Crippen LogP contribution in [-0.4, -0.2) is 61.3 Å². The average Bonchev–Trinajstić information content (AvgIpc) is 3.37. The number of piperidine rings is 1. The zero-order valence-electron chi connectivity index (χ0n) is 16.9. The Bertz CT molecular complexity index is 577. The van der Waals surface area contributed by atoms with Crippen molar-refractivity contribution < 1.29 is 4.74 Å². The molecule has 1 aromatic rings. The number of aryl methyl sites for hydroxylation is 1. The first-order chi connectivity index (χ1) is 13.3. The largest absolute Gasteiger partial charge is 0.376 e. The van der Waals surface area contributed by atoms with Crippen molar-refractivity contribution in [2.45, 2.75) is 58.6 Å². The summed E-state index contributed by atoms with van der Waals surface area (Å²) in [6.45, 7) is 11.2. The number of aliphatic imine (C=N–C) groups is 1. The summed E-state index contributed by atoms with van der Waals surface area (Å²) in [4.78, 5) is 12.1. The Balaban J connectivity index is 1.39. The van der Waals surface area contributed by atoms with Gasteiger partial charge in [-0.1, -0.05) is 6.92 Å². The molecule has 1 aromatic heterocycles. The second kappa shape index (κ2) is 11.0. The van der Waals surface area contributed by atoms with E-state index in [2.05, 4.69) is 34.8 Å². The SMILES string of the molecule is CCNC(=NCC1CCN(Cc2csc(CC)n2)CC1)NCC1CCCO1. The molecule has 2 aliphatic rings. The molecule has 3 rings (SSSR count). The predicted molar refractivity (Wildman–Crippen MR) is 112 cm³/mol. The number of ether oxygens (including phenoxy) is 1. The fourth-order valence-corrected chi connectivity index (χ4v) is 4.45. The summed E-state index contributed by atoms with van der Waals surface area (Å²) >= 11 is 1.79. The van der Waals surface area contributed by atoms with E-state index in [1.807, 2.05) is 0 Å². The van der Waals surface area contributed by atoms with Gasteiger partial charge in [0.05, 0.1) is 16.8 Å². The number of nitrogens with zero attached hydrogens (tertiary/aromatic N) is 3. The van der Waals surface area contributed by atoms with Gasteiger partial charge in [-0.25, -0.2) is 4.98 Å². The second-order valence-electron chi connectivity index (χ2n) is 7.54. The topological polar surface area (TPSA) is 61.8 Å². The minimum Gasteiger partial charge on any atom is -0.376 e. The Morgan fingerprint density at radius 2 is 2.15 bits per heavy atom. The maximum Gasteiger partial charge on any atom is 0.191 e. The number of thiazole rings is 1. The van der Waals surface area contributed by atoms with Gasteiger partial charge in [0, 0.05) is 38.2 Å². The first-order valence-corrected chi connectivity index (χ1v) is 11.4. The van der Waals surface area contributed by atoms with Gasteiger partial charge in [-0.3, -0.25) is 9.89 Å². The number of likely N-dealkylation sites (tertiary alicyclic amines) is 1. The summed E-state index contributed by atoms with van der Waals surface area (Å²) in [6.07, 6.45) is 6.16. The van der Waals surface area contributed by atoms with Crippen LogP contribution in [-0.2, 0) is 17.7 Å². The van der Waals surface area contributed by atoms with Crippen LogP contribution in [0.3, 0.4) is 0 Å². The molecule has 3 heterocycles. The van der Waals surface area contributed by atoms with Gasteiger partial charge in [0.15, 0.2) is 5.96 Å². The maximum atomic E-state index is 5.69. The Morgan fingerprint density at radius 3 is 2.81 bits per heavy atom. The van der Waals surface area contributed by atoms with Gasteiger partial charge in [-0.2, -0.15) is 0 Å². The minimum absolute atomic E-state index is 0.344. The Labute approximate surface area is 167 Å². The van der Waals surface area contributed by atoms with E-state index < -0.39 is 0 Å². The van der Waals surface area contributed by atoms with E-state index in [0.717, 1.165) is 64.7 Å². The Hall–Kier alpha value is -1.18. The number of guanidine groups is 1. The highest BCUT2D eigenvalue weighted by molar-refractivity contribution is 7.09. The quantitative estimate of drug-likeness (QED) is 0.525. The van der Waals surface area contributed by atoms with Crippen LogP contribution in [0.25, 0.3) is 0 Å². The van der Waals surface area contributed by atoms with Gasteiger partial charge in [0.25, 0.3) is 0 Å². The summed E-state index contributed by atoms with van der Waals surface area (Å²) < 4.78 is 5.69. The lowest BCUT2D eigenvalue weighted by Crippen LogP contribution is -2.41. The van der Waals surface area contributed by atoms with E-state index in [0.29, 0.717) is 12.0 Å². The summed E-state index contributed by atoms with van der Waals surface area (Å²) in [5.41, 5.74) is 1.24. The molecule has 27 heavy (non-hydrogen) atoms. The van der Waals surface area contributed by atoms with E-state index >= 15 is 0 Å². The molecule has 1 atom stereocenters. The first kappa shape index (κ1) is 20.6. The van der Waals surface area contributed by atoms with Gasteiger partial charge >= 0.3 is 0 Å². The Kier molecular flexibility index (Phi) is 8.35. The van der Waals surface area contributed by atoms with Crippen LogP contribution in [0.2, 0.25) is 0 Å². The van der Waals surface area contributed by atoms with Crippen LogP contribution in [0, 0.1) is 5.92 Å². The molecule has 2 saturated heterocycles. The number of nitrogens with one attached hydrogen (secondary N) is 2. The highest BCUT2D eigenvalue weighted by atomic mass is 32.1. The molecule has 152 valence electrons. The summed E-state index contributed by atoms with van der Waals surface area (Å²) in [5, 5.41) is 10.3. The van der Waals surface area contributed by atoms with Crippen LogP contribution in [0.15, 0.2) is 10.4 Å². The number of aromatic nitrogens is 1. The van der Waals surface area contributed by atoms with Crippen molar-refractivity contribution >= 4 is 17.3 Å². The molecule has 0 bridgehead atoms. The van der Waals surface area contributed by atoms with Crippen LogP contribution in [0.1, 0.15) is 50.2 Å². The lowest BCUT2D eigenvalue weighted by atomic mass is 9.97. The minimum atomic E-state index is 0.344. The molecular weight excluding hydrogens is 358 g/mol. The highest BCUT2D eigenvalue weighted by Gasteiger charge is 2.20. The third kappa shape index (κ3) is 6.73. The van der Waals surface area contributed by atoms with E-state index in [1.54, 1.807) is 11.3 Å². The fourth-order valence-electron chi connectivity index (χ4n) is 3.72. The average molecular weight is 394 g/mol. The first-order valence-electron chi connectivity index (χ1n) is 10.6. The third-order valence-corrected chi connectivity index (χ3v) is 6.41. The fraction of sp³-hybridized carbons (Fsp3) is 0.800. The summed E-state index contributed by atoms with van der Waals surface area (Å²) in [7, 11) is 0. The van der Waals surface area contributed by atoms with Crippen LogP contribution < -0.4 is 10.6 Å². The van der Waals surface area contributed by atoms with Gasteiger partial charge in [0.2, 0.25) is 0 Å². The molecule has 6 nitrogen and oxygen atoms in total. The summed E-state index contributed by atoms with van der Waals surface area (Å²) in [6, 6.07) is 0. The van der Waals surface area contributed by atoms with Crippen molar-refractivity contribution in [2.75, 3.05) is 39.3 Å². The lowest BCUT2D eigenvalue weighted by molar-refractivity contribution is 0.113. The van der Waals surface area contributed by atoms with Gasteiger partial charge in [-0.15, -0.1) is 11.3 Å². The molecule has 0 amide bonds. The van der Waals surface area contributed by atoms with Crippen LogP contribution in [0.5, 0.6) is 0 Å². The number of rotatable bonds is 8.